The number of nitrogens with one attached hydrogen (secondary N) is 2. The number of aryl methyl sites for hydroxylation is 1. The van der Waals surface area contributed by atoms with Gasteiger partial charge in [0.2, 0.25) is 0 Å². The van der Waals surface area contributed by atoms with Crippen molar-refractivity contribution < 1.29 is 4.79 Å². The Morgan fingerprint density at radius 2 is 1.73 bits per heavy atom. The number of anilines is 2. The van der Waals surface area contributed by atoms with Gasteiger partial charge in [-0.2, -0.15) is 0 Å². The average Bonchev–Trinajstić information content (AvgIpc) is 3.06. The second-order valence-corrected chi connectivity index (χ2v) is 6.85. The van der Waals surface area contributed by atoms with E-state index >= 15 is 0 Å². The third kappa shape index (κ3) is 3.55. The molecule has 0 saturated carbocycles. The molecule has 4 rings (SSSR count). The summed E-state index contributed by atoms with van der Waals surface area (Å²) < 4.78 is 0. The maximum absolute atomic E-state index is 12.2. The lowest BCUT2D eigenvalue weighted by Crippen LogP contribution is -2.19. The van der Waals surface area contributed by atoms with Gasteiger partial charge < -0.3 is 10.6 Å². The smallest absolute Gasteiger partial charge is 0.308 e. The summed E-state index contributed by atoms with van der Waals surface area (Å²) in [6, 6.07) is 18.8. The molecule has 128 valence electrons. The van der Waals surface area contributed by atoms with Crippen molar-refractivity contribution in [1.82, 2.24) is 9.97 Å². The first kappa shape index (κ1) is 16.2. The van der Waals surface area contributed by atoms with Crippen LogP contribution in [0, 0.1) is 6.92 Å². The highest BCUT2D eigenvalue weighted by atomic mass is 32.1. The molecule has 2 heterocycles. The monoisotopic (exact) mass is 360 g/mol. The number of fused-ring (bicyclic) bond motifs is 1. The van der Waals surface area contributed by atoms with Gasteiger partial charge in [-0.25, -0.2) is 14.8 Å². The van der Waals surface area contributed by atoms with E-state index < -0.39 is 0 Å². The van der Waals surface area contributed by atoms with Crippen LogP contribution in [-0.2, 0) is 0 Å². The first-order chi connectivity index (χ1) is 12.7. The third-order valence-electron chi connectivity index (χ3n) is 3.81. The molecule has 0 aliphatic rings. The topological polar surface area (TPSA) is 66.9 Å². The van der Waals surface area contributed by atoms with Crippen molar-refractivity contribution in [2.75, 3.05) is 10.6 Å². The van der Waals surface area contributed by atoms with Gasteiger partial charge in [0.25, 0.3) is 0 Å². The zero-order valence-electron chi connectivity index (χ0n) is 14.1. The third-order valence-corrected chi connectivity index (χ3v) is 4.84. The van der Waals surface area contributed by atoms with Crippen molar-refractivity contribution in [3.63, 3.8) is 0 Å². The number of nitrogens with zero attached hydrogens (tertiary/aromatic N) is 2. The second-order valence-electron chi connectivity index (χ2n) is 5.88. The molecular weight excluding hydrogens is 344 g/mol. The summed E-state index contributed by atoms with van der Waals surface area (Å²) in [5.41, 5.74) is 4.38. The van der Waals surface area contributed by atoms with Gasteiger partial charge in [0, 0.05) is 23.1 Å². The standard InChI is InChI=1S/C20H16N4OS/c1-13-5-2-7-15(11-13)22-20(25)23-16-8-3-6-14(12-16)18-24-17-9-4-10-21-19(17)26-18/h2-12H,1H3,(H2,22,23,25). The quantitative estimate of drug-likeness (QED) is 0.520. The van der Waals surface area contributed by atoms with Crippen LogP contribution in [0.25, 0.3) is 20.9 Å². The minimum Gasteiger partial charge on any atom is -0.308 e. The number of hydrogen-bond donors (Lipinski definition) is 2. The summed E-state index contributed by atoms with van der Waals surface area (Å²) in [5.74, 6) is 0. The van der Waals surface area contributed by atoms with Gasteiger partial charge in [0.1, 0.15) is 15.4 Å². The van der Waals surface area contributed by atoms with Gasteiger partial charge in [0.05, 0.1) is 0 Å². The van der Waals surface area contributed by atoms with Crippen LogP contribution in [0.1, 0.15) is 5.56 Å². The zero-order valence-corrected chi connectivity index (χ0v) is 14.9. The van der Waals surface area contributed by atoms with E-state index in [2.05, 4.69) is 20.6 Å². The van der Waals surface area contributed by atoms with E-state index in [1.54, 1.807) is 6.20 Å². The van der Waals surface area contributed by atoms with Crippen LogP contribution in [0.2, 0.25) is 0 Å². The average molecular weight is 360 g/mol. The number of carbonyl (C=O) groups excluding carboxylic acids is 1. The minimum absolute atomic E-state index is 0.279. The molecular formula is C20H16N4OS. The van der Waals surface area contributed by atoms with Gasteiger partial charge >= 0.3 is 6.03 Å². The molecule has 0 saturated heterocycles. The molecule has 0 aliphatic heterocycles. The van der Waals surface area contributed by atoms with E-state index in [0.29, 0.717) is 5.69 Å². The highest BCUT2D eigenvalue weighted by molar-refractivity contribution is 7.21. The Balaban J connectivity index is 1.53. The van der Waals surface area contributed by atoms with Crippen LogP contribution in [0.5, 0.6) is 0 Å². The molecule has 6 heteroatoms. The number of urea groups is 1. The van der Waals surface area contributed by atoms with Crippen LogP contribution < -0.4 is 10.6 Å². The largest absolute Gasteiger partial charge is 0.323 e. The van der Waals surface area contributed by atoms with Crippen molar-refractivity contribution in [3.8, 4) is 10.6 Å². The summed E-state index contributed by atoms with van der Waals surface area (Å²) >= 11 is 1.53. The summed E-state index contributed by atoms with van der Waals surface area (Å²) in [5, 5.41) is 6.58. The molecule has 2 N–H and O–H groups in total. The van der Waals surface area contributed by atoms with E-state index in [-0.39, 0.29) is 6.03 Å². The maximum atomic E-state index is 12.2. The van der Waals surface area contributed by atoms with Crippen LogP contribution in [0.15, 0.2) is 66.9 Å². The molecule has 0 fully saturated rings. The highest BCUT2D eigenvalue weighted by Gasteiger charge is 2.09. The lowest BCUT2D eigenvalue weighted by Gasteiger charge is -2.09. The first-order valence-electron chi connectivity index (χ1n) is 8.14. The molecule has 2 amide bonds. The Bertz CT molecular complexity index is 1060. The Hall–Kier alpha value is -3.25. The fourth-order valence-electron chi connectivity index (χ4n) is 2.64. The molecule has 5 nitrogen and oxygen atoms in total. The molecule has 2 aromatic heterocycles. The predicted octanol–water partition coefficient (Wildman–Crippen LogP) is 5.31. The van der Waals surface area contributed by atoms with Gasteiger partial charge in [0.15, 0.2) is 0 Å². The number of aromatic nitrogens is 2. The number of benzene rings is 2. The molecule has 4 aromatic rings. The molecule has 0 bridgehead atoms. The van der Waals surface area contributed by atoms with Crippen molar-refractivity contribution in [2.45, 2.75) is 6.92 Å². The zero-order chi connectivity index (χ0) is 17.9. The molecule has 2 aromatic carbocycles. The molecule has 0 aliphatic carbocycles. The summed E-state index contributed by atoms with van der Waals surface area (Å²) in [6.07, 6.45) is 1.76. The molecule has 0 spiro atoms. The van der Waals surface area contributed by atoms with Gasteiger partial charge in [-0.3, -0.25) is 0 Å². The fraction of sp³-hybridized carbons (Fsp3) is 0.0500. The Kier molecular flexibility index (Phi) is 4.33. The lowest BCUT2D eigenvalue weighted by atomic mass is 10.2. The van der Waals surface area contributed by atoms with Crippen molar-refractivity contribution in [1.29, 1.82) is 0 Å². The van der Waals surface area contributed by atoms with Crippen molar-refractivity contribution in [2.24, 2.45) is 0 Å². The minimum atomic E-state index is -0.279. The number of thiazole rings is 1. The van der Waals surface area contributed by atoms with E-state index in [1.165, 1.54) is 11.3 Å². The SMILES string of the molecule is Cc1cccc(NC(=O)Nc2cccc(-c3nc4cccnc4s3)c2)c1. The molecule has 0 unspecified atom stereocenters. The summed E-state index contributed by atoms with van der Waals surface area (Å²) in [4.78, 5) is 22.1. The van der Waals surface area contributed by atoms with Gasteiger partial charge in [-0.05, 0) is 48.9 Å². The maximum Gasteiger partial charge on any atom is 0.323 e. The predicted molar refractivity (Wildman–Crippen MR) is 107 cm³/mol. The van der Waals surface area contributed by atoms with Gasteiger partial charge in [-0.15, -0.1) is 0 Å². The number of hydrogen-bond acceptors (Lipinski definition) is 4. The van der Waals surface area contributed by atoms with E-state index in [4.69, 9.17) is 0 Å². The Morgan fingerprint density at radius 1 is 0.962 bits per heavy atom. The Morgan fingerprint density at radius 3 is 2.50 bits per heavy atom. The van der Waals surface area contributed by atoms with E-state index in [1.807, 2.05) is 67.6 Å². The fourth-order valence-corrected chi connectivity index (χ4v) is 3.54. The van der Waals surface area contributed by atoms with E-state index in [9.17, 15) is 4.79 Å². The molecule has 26 heavy (non-hydrogen) atoms. The number of carbonyl (C=O) groups is 1. The highest BCUT2D eigenvalue weighted by Crippen LogP contribution is 2.30. The van der Waals surface area contributed by atoms with Crippen LogP contribution >= 0.6 is 11.3 Å². The number of pyridine rings is 1. The second kappa shape index (κ2) is 6.93. The lowest BCUT2D eigenvalue weighted by molar-refractivity contribution is 0.262. The number of amides is 2. The molecule has 0 atom stereocenters. The first-order valence-corrected chi connectivity index (χ1v) is 8.96. The number of rotatable bonds is 3. The van der Waals surface area contributed by atoms with Gasteiger partial charge in [-0.1, -0.05) is 35.6 Å². The van der Waals surface area contributed by atoms with Crippen molar-refractivity contribution in [3.05, 3.63) is 72.4 Å². The van der Waals surface area contributed by atoms with E-state index in [0.717, 1.165) is 32.2 Å². The van der Waals surface area contributed by atoms with Crippen LogP contribution in [0.3, 0.4) is 0 Å². The van der Waals surface area contributed by atoms with Crippen molar-refractivity contribution >= 4 is 39.1 Å². The summed E-state index contributed by atoms with van der Waals surface area (Å²) in [7, 11) is 0. The normalized spacial score (nSPS) is 10.7. The Labute approximate surface area is 154 Å². The summed E-state index contributed by atoms with van der Waals surface area (Å²) in [6.45, 7) is 1.99. The van der Waals surface area contributed by atoms with Crippen LogP contribution in [0.4, 0.5) is 16.2 Å². The van der Waals surface area contributed by atoms with Crippen LogP contribution in [-0.4, -0.2) is 16.0 Å². The molecule has 0 radical (unpaired) electrons.